The van der Waals surface area contributed by atoms with Gasteiger partial charge in [-0.1, -0.05) is 0 Å². The number of likely N-dealkylation sites (tertiary alicyclic amines) is 1. The van der Waals surface area contributed by atoms with Crippen molar-refractivity contribution in [1.29, 1.82) is 0 Å². The van der Waals surface area contributed by atoms with E-state index in [0.29, 0.717) is 13.1 Å². The maximum absolute atomic E-state index is 13.1. The van der Waals surface area contributed by atoms with Crippen LogP contribution in [-0.2, 0) is 6.54 Å². The monoisotopic (exact) mass is 275 g/mol. The molecule has 1 aromatic heterocycles. The van der Waals surface area contributed by atoms with Crippen LogP contribution >= 0.6 is 0 Å². The lowest BCUT2D eigenvalue weighted by Crippen LogP contribution is -2.21. The van der Waals surface area contributed by atoms with Crippen LogP contribution in [-0.4, -0.2) is 29.2 Å². The van der Waals surface area contributed by atoms with Crippen LogP contribution in [0.15, 0.2) is 34.7 Å². The molecular weight excluding hydrogens is 257 g/mol. The fraction of sp³-hybridized carbons (Fsp3) is 0.375. The fourth-order valence-corrected chi connectivity index (χ4v) is 2.69. The molecule has 2 heterocycles. The van der Waals surface area contributed by atoms with E-state index in [-0.39, 0.29) is 11.9 Å². The van der Waals surface area contributed by atoms with Crippen molar-refractivity contribution < 1.29 is 13.9 Å². The zero-order valence-corrected chi connectivity index (χ0v) is 11.5. The third-order valence-corrected chi connectivity index (χ3v) is 3.74. The summed E-state index contributed by atoms with van der Waals surface area (Å²) in [6.07, 6.45) is 0.605. The van der Waals surface area contributed by atoms with Crippen molar-refractivity contribution >= 4 is 0 Å². The van der Waals surface area contributed by atoms with Gasteiger partial charge in [0.05, 0.1) is 12.6 Å². The van der Waals surface area contributed by atoms with Gasteiger partial charge in [0.25, 0.3) is 0 Å². The van der Waals surface area contributed by atoms with Gasteiger partial charge in [0, 0.05) is 18.7 Å². The molecule has 1 aliphatic heterocycles. The normalized spacial score (nSPS) is 19.6. The van der Waals surface area contributed by atoms with E-state index in [0.717, 1.165) is 35.6 Å². The molecule has 1 fully saturated rings. The number of rotatable bonds is 3. The molecule has 1 N–H and O–H groups in total. The second-order valence-electron chi connectivity index (χ2n) is 5.40. The number of furan rings is 1. The molecule has 0 bridgehead atoms. The Balaban J connectivity index is 1.76. The molecule has 0 radical (unpaired) electrons. The highest BCUT2D eigenvalue weighted by molar-refractivity contribution is 5.62. The number of nitrogens with zero attached hydrogens (tertiary/aromatic N) is 1. The van der Waals surface area contributed by atoms with Crippen LogP contribution in [0.2, 0.25) is 0 Å². The molecule has 1 aromatic carbocycles. The highest BCUT2D eigenvalue weighted by atomic mass is 19.1. The predicted molar refractivity (Wildman–Crippen MR) is 74.7 cm³/mol. The van der Waals surface area contributed by atoms with Crippen LogP contribution in [0.4, 0.5) is 4.39 Å². The highest BCUT2D eigenvalue weighted by Crippen LogP contribution is 2.27. The Hall–Kier alpha value is -1.65. The SMILES string of the molecule is Cc1cc(F)ccc1-c1ccc(CN2CC[C@H](O)C2)o1. The molecule has 0 unspecified atom stereocenters. The Morgan fingerprint density at radius 1 is 1.35 bits per heavy atom. The molecule has 0 amide bonds. The Morgan fingerprint density at radius 3 is 2.90 bits per heavy atom. The first-order valence-corrected chi connectivity index (χ1v) is 6.87. The first kappa shape index (κ1) is 13.3. The third kappa shape index (κ3) is 2.76. The van der Waals surface area contributed by atoms with E-state index in [1.807, 2.05) is 19.1 Å². The van der Waals surface area contributed by atoms with Crippen molar-refractivity contribution in [2.24, 2.45) is 0 Å². The van der Waals surface area contributed by atoms with Crippen LogP contribution in [0.25, 0.3) is 11.3 Å². The molecule has 0 spiro atoms. The lowest BCUT2D eigenvalue weighted by molar-refractivity contribution is 0.172. The van der Waals surface area contributed by atoms with Gasteiger partial charge in [0.15, 0.2) is 0 Å². The molecule has 4 heteroatoms. The van der Waals surface area contributed by atoms with E-state index in [4.69, 9.17) is 4.42 Å². The summed E-state index contributed by atoms with van der Waals surface area (Å²) < 4.78 is 19.0. The zero-order valence-electron chi connectivity index (χ0n) is 11.5. The molecule has 0 saturated carbocycles. The van der Waals surface area contributed by atoms with E-state index < -0.39 is 0 Å². The Morgan fingerprint density at radius 2 is 2.20 bits per heavy atom. The molecule has 1 saturated heterocycles. The van der Waals surface area contributed by atoms with Gasteiger partial charge in [-0.3, -0.25) is 4.90 Å². The van der Waals surface area contributed by atoms with Crippen molar-refractivity contribution in [2.45, 2.75) is 26.0 Å². The van der Waals surface area contributed by atoms with E-state index in [9.17, 15) is 9.50 Å². The first-order chi connectivity index (χ1) is 9.61. The zero-order chi connectivity index (χ0) is 14.1. The van der Waals surface area contributed by atoms with Crippen LogP contribution in [0.5, 0.6) is 0 Å². The van der Waals surface area contributed by atoms with Crippen LogP contribution < -0.4 is 0 Å². The van der Waals surface area contributed by atoms with Gasteiger partial charge in [-0.2, -0.15) is 0 Å². The van der Waals surface area contributed by atoms with E-state index in [2.05, 4.69) is 4.90 Å². The topological polar surface area (TPSA) is 36.6 Å². The summed E-state index contributed by atoms with van der Waals surface area (Å²) >= 11 is 0. The number of hydrogen-bond acceptors (Lipinski definition) is 3. The maximum Gasteiger partial charge on any atom is 0.134 e. The van der Waals surface area contributed by atoms with E-state index in [1.54, 1.807) is 6.07 Å². The molecule has 20 heavy (non-hydrogen) atoms. The van der Waals surface area contributed by atoms with Gasteiger partial charge in [-0.05, 0) is 49.2 Å². The Bertz CT molecular complexity index is 608. The molecular formula is C16H18FNO2. The van der Waals surface area contributed by atoms with Gasteiger partial charge in [-0.25, -0.2) is 4.39 Å². The number of β-amino-alcohol motifs (C(OH)–C–C–N with tert-alkyl or cyclic N) is 1. The summed E-state index contributed by atoms with van der Waals surface area (Å²) in [5, 5.41) is 9.52. The number of benzene rings is 1. The molecule has 3 nitrogen and oxygen atoms in total. The van der Waals surface area contributed by atoms with Gasteiger partial charge in [-0.15, -0.1) is 0 Å². The quantitative estimate of drug-likeness (QED) is 0.935. The molecule has 1 aliphatic rings. The molecule has 2 aromatic rings. The summed E-state index contributed by atoms with van der Waals surface area (Å²) in [5.41, 5.74) is 1.78. The van der Waals surface area contributed by atoms with Crippen molar-refractivity contribution in [2.75, 3.05) is 13.1 Å². The van der Waals surface area contributed by atoms with Gasteiger partial charge < -0.3 is 9.52 Å². The average Bonchev–Trinajstić information content (AvgIpc) is 2.99. The van der Waals surface area contributed by atoms with Gasteiger partial charge >= 0.3 is 0 Å². The summed E-state index contributed by atoms with van der Waals surface area (Å²) in [7, 11) is 0. The summed E-state index contributed by atoms with van der Waals surface area (Å²) in [4.78, 5) is 2.17. The minimum atomic E-state index is -0.232. The number of halogens is 1. The predicted octanol–water partition coefficient (Wildman–Crippen LogP) is 2.96. The molecule has 3 rings (SSSR count). The van der Waals surface area contributed by atoms with Crippen LogP contribution in [0.3, 0.4) is 0 Å². The Labute approximate surface area is 117 Å². The third-order valence-electron chi connectivity index (χ3n) is 3.74. The summed E-state index contributed by atoms with van der Waals surface area (Å²) in [6.45, 7) is 4.17. The van der Waals surface area contributed by atoms with Crippen molar-refractivity contribution in [3.63, 3.8) is 0 Å². The maximum atomic E-state index is 13.1. The second kappa shape index (κ2) is 5.38. The van der Waals surface area contributed by atoms with Crippen molar-refractivity contribution in [1.82, 2.24) is 4.90 Å². The lowest BCUT2D eigenvalue weighted by Gasteiger charge is -2.12. The van der Waals surface area contributed by atoms with E-state index in [1.165, 1.54) is 12.1 Å². The largest absolute Gasteiger partial charge is 0.460 e. The number of hydrogen-bond donors (Lipinski definition) is 1. The second-order valence-corrected chi connectivity index (χ2v) is 5.40. The van der Waals surface area contributed by atoms with Gasteiger partial charge in [0.2, 0.25) is 0 Å². The smallest absolute Gasteiger partial charge is 0.134 e. The lowest BCUT2D eigenvalue weighted by atomic mass is 10.1. The van der Waals surface area contributed by atoms with Crippen LogP contribution in [0.1, 0.15) is 17.7 Å². The number of aliphatic hydroxyl groups excluding tert-OH is 1. The first-order valence-electron chi connectivity index (χ1n) is 6.87. The van der Waals surface area contributed by atoms with Gasteiger partial charge in [0.1, 0.15) is 17.3 Å². The Kier molecular flexibility index (Phi) is 3.59. The number of aliphatic hydroxyl groups is 1. The van der Waals surface area contributed by atoms with Crippen molar-refractivity contribution in [3.8, 4) is 11.3 Å². The summed E-state index contributed by atoms with van der Waals surface area (Å²) in [5.74, 6) is 1.40. The molecule has 1 atom stereocenters. The van der Waals surface area contributed by atoms with E-state index >= 15 is 0 Å². The molecule has 106 valence electrons. The minimum Gasteiger partial charge on any atom is -0.460 e. The minimum absolute atomic E-state index is 0.219. The standard InChI is InChI=1S/C16H18FNO2/c1-11-8-12(17)2-4-15(11)16-5-3-14(20-16)10-18-7-6-13(19)9-18/h2-5,8,13,19H,6-7,9-10H2,1H3/t13-/m0/s1. The highest BCUT2D eigenvalue weighted by Gasteiger charge is 2.21. The fourth-order valence-electron chi connectivity index (χ4n) is 2.69. The van der Waals surface area contributed by atoms with Crippen LogP contribution in [0, 0.1) is 12.7 Å². The average molecular weight is 275 g/mol. The summed E-state index contributed by atoms with van der Waals surface area (Å²) in [6, 6.07) is 8.56. The molecule has 0 aliphatic carbocycles. The van der Waals surface area contributed by atoms with Crippen molar-refractivity contribution in [3.05, 3.63) is 47.5 Å². The number of aryl methyl sites for hydroxylation is 1.